The van der Waals surface area contributed by atoms with E-state index in [0.717, 1.165) is 17.9 Å². The van der Waals surface area contributed by atoms with Crippen molar-refractivity contribution in [3.63, 3.8) is 0 Å². The predicted molar refractivity (Wildman–Crippen MR) is 66.0 cm³/mol. The monoisotopic (exact) mass is 229 g/mol. The summed E-state index contributed by atoms with van der Waals surface area (Å²) in [6, 6.07) is 7.85. The van der Waals surface area contributed by atoms with Gasteiger partial charge in [-0.1, -0.05) is 12.1 Å². The molecule has 2 rings (SSSR count). The molecule has 0 saturated heterocycles. The molecule has 4 nitrogen and oxygen atoms in total. The quantitative estimate of drug-likeness (QED) is 0.872. The summed E-state index contributed by atoms with van der Waals surface area (Å²) in [6.45, 7) is 2.52. The second-order valence-corrected chi connectivity index (χ2v) is 3.73. The first-order valence-electron chi connectivity index (χ1n) is 5.54. The van der Waals surface area contributed by atoms with Crippen LogP contribution in [-0.2, 0) is 6.42 Å². The Bertz CT molecular complexity index is 482. The fourth-order valence-electron chi connectivity index (χ4n) is 1.50. The van der Waals surface area contributed by atoms with Crippen LogP contribution in [0.3, 0.4) is 0 Å². The van der Waals surface area contributed by atoms with E-state index in [9.17, 15) is 0 Å². The molecule has 0 atom stereocenters. The minimum Gasteiger partial charge on any atom is -0.437 e. The smallest absolute Gasteiger partial charge is 0.240 e. The Morgan fingerprint density at radius 3 is 2.47 bits per heavy atom. The third kappa shape index (κ3) is 3.01. The fourth-order valence-corrected chi connectivity index (χ4v) is 1.50. The molecule has 4 heteroatoms. The van der Waals surface area contributed by atoms with Crippen molar-refractivity contribution < 1.29 is 4.74 Å². The van der Waals surface area contributed by atoms with Crippen LogP contribution in [-0.4, -0.2) is 16.5 Å². The van der Waals surface area contributed by atoms with E-state index in [0.29, 0.717) is 12.4 Å². The van der Waals surface area contributed by atoms with Gasteiger partial charge in [-0.15, -0.1) is 0 Å². The van der Waals surface area contributed by atoms with E-state index in [1.807, 2.05) is 31.2 Å². The van der Waals surface area contributed by atoms with E-state index in [-0.39, 0.29) is 0 Å². The van der Waals surface area contributed by atoms with E-state index in [4.69, 9.17) is 10.5 Å². The number of nitrogens with zero attached hydrogens (tertiary/aromatic N) is 2. The maximum Gasteiger partial charge on any atom is 0.240 e. The number of rotatable bonds is 4. The van der Waals surface area contributed by atoms with Crippen LogP contribution in [0.4, 0.5) is 0 Å². The molecule has 0 radical (unpaired) electrons. The van der Waals surface area contributed by atoms with Gasteiger partial charge in [-0.2, -0.15) is 0 Å². The maximum atomic E-state index is 5.64. The van der Waals surface area contributed by atoms with Gasteiger partial charge >= 0.3 is 0 Å². The zero-order valence-electron chi connectivity index (χ0n) is 9.76. The van der Waals surface area contributed by atoms with Gasteiger partial charge < -0.3 is 10.5 Å². The summed E-state index contributed by atoms with van der Waals surface area (Å²) < 4.78 is 5.64. The Labute approximate surface area is 100 Å². The molecule has 0 unspecified atom stereocenters. The largest absolute Gasteiger partial charge is 0.437 e. The summed E-state index contributed by atoms with van der Waals surface area (Å²) in [7, 11) is 0. The highest BCUT2D eigenvalue weighted by Gasteiger charge is 2.02. The van der Waals surface area contributed by atoms with Gasteiger partial charge in [-0.05, 0) is 37.6 Å². The van der Waals surface area contributed by atoms with E-state index in [2.05, 4.69) is 9.97 Å². The van der Waals surface area contributed by atoms with Gasteiger partial charge in [0.15, 0.2) is 0 Å². The number of hydrogen-bond donors (Lipinski definition) is 1. The third-order valence-corrected chi connectivity index (χ3v) is 2.41. The predicted octanol–water partition coefficient (Wildman–Crippen LogP) is 2.08. The standard InChI is InChI=1S/C13H15N3O/c1-10-13(16-9-8-15-10)17-12-4-2-11(3-5-12)6-7-14/h2-5,8-9H,6-7,14H2,1H3. The van der Waals surface area contributed by atoms with Crippen molar-refractivity contribution in [1.29, 1.82) is 0 Å². The molecule has 1 aromatic heterocycles. The molecule has 0 fully saturated rings. The normalized spacial score (nSPS) is 10.2. The second-order valence-electron chi connectivity index (χ2n) is 3.73. The molecule has 0 aliphatic carbocycles. The molecule has 0 amide bonds. The molecule has 1 aromatic carbocycles. The Morgan fingerprint density at radius 2 is 1.82 bits per heavy atom. The number of benzene rings is 1. The van der Waals surface area contributed by atoms with Crippen LogP contribution in [0.2, 0.25) is 0 Å². The van der Waals surface area contributed by atoms with Crippen LogP contribution >= 0.6 is 0 Å². The van der Waals surface area contributed by atoms with Crippen molar-refractivity contribution in [1.82, 2.24) is 9.97 Å². The molecule has 0 aliphatic heterocycles. The zero-order valence-corrected chi connectivity index (χ0v) is 9.76. The van der Waals surface area contributed by atoms with Gasteiger partial charge in [-0.25, -0.2) is 4.98 Å². The summed E-state index contributed by atoms with van der Waals surface area (Å²) in [5.74, 6) is 1.30. The van der Waals surface area contributed by atoms with Crippen LogP contribution in [0.1, 0.15) is 11.3 Å². The molecule has 1 heterocycles. The molecular weight excluding hydrogens is 214 g/mol. The lowest BCUT2D eigenvalue weighted by Crippen LogP contribution is -2.02. The summed E-state index contributed by atoms with van der Waals surface area (Å²) in [4.78, 5) is 8.25. The van der Waals surface area contributed by atoms with Crippen molar-refractivity contribution in [3.05, 3.63) is 47.9 Å². The van der Waals surface area contributed by atoms with E-state index < -0.39 is 0 Å². The number of ether oxygens (including phenoxy) is 1. The molecule has 2 aromatic rings. The van der Waals surface area contributed by atoms with Gasteiger partial charge in [0, 0.05) is 12.4 Å². The molecule has 0 spiro atoms. The van der Waals surface area contributed by atoms with Crippen molar-refractivity contribution in [2.45, 2.75) is 13.3 Å². The minimum atomic E-state index is 0.541. The Kier molecular flexibility index (Phi) is 3.67. The van der Waals surface area contributed by atoms with E-state index in [1.54, 1.807) is 12.4 Å². The molecule has 17 heavy (non-hydrogen) atoms. The molecule has 0 saturated carbocycles. The Hall–Kier alpha value is -1.94. The van der Waals surface area contributed by atoms with Gasteiger partial charge in [0.2, 0.25) is 5.88 Å². The summed E-state index contributed by atoms with van der Waals surface area (Å²) in [5.41, 5.74) is 7.47. The van der Waals surface area contributed by atoms with Crippen LogP contribution in [0.25, 0.3) is 0 Å². The molecule has 2 N–H and O–H groups in total. The van der Waals surface area contributed by atoms with E-state index in [1.165, 1.54) is 5.56 Å². The lowest BCUT2D eigenvalue weighted by Gasteiger charge is -2.06. The first kappa shape index (κ1) is 11.5. The Balaban J connectivity index is 2.11. The summed E-state index contributed by atoms with van der Waals surface area (Å²) in [5, 5.41) is 0. The highest BCUT2D eigenvalue weighted by Crippen LogP contribution is 2.21. The average molecular weight is 229 g/mol. The maximum absolute atomic E-state index is 5.64. The molecule has 0 aliphatic rings. The van der Waals surface area contributed by atoms with Crippen molar-refractivity contribution in [2.24, 2.45) is 5.73 Å². The molecule has 88 valence electrons. The SMILES string of the molecule is Cc1nccnc1Oc1ccc(CCN)cc1. The minimum absolute atomic E-state index is 0.541. The van der Waals surface area contributed by atoms with Crippen LogP contribution in [0.15, 0.2) is 36.7 Å². The zero-order chi connectivity index (χ0) is 12.1. The van der Waals surface area contributed by atoms with Gasteiger partial charge in [0.1, 0.15) is 5.75 Å². The average Bonchev–Trinajstić information content (AvgIpc) is 2.35. The second kappa shape index (κ2) is 5.41. The van der Waals surface area contributed by atoms with Crippen LogP contribution in [0, 0.1) is 6.92 Å². The van der Waals surface area contributed by atoms with Gasteiger partial charge in [0.25, 0.3) is 0 Å². The van der Waals surface area contributed by atoms with Crippen molar-refractivity contribution >= 4 is 0 Å². The number of hydrogen-bond acceptors (Lipinski definition) is 4. The first-order chi connectivity index (χ1) is 8.29. The first-order valence-corrected chi connectivity index (χ1v) is 5.54. The lowest BCUT2D eigenvalue weighted by molar-refractivity contribution is 0.455. The molecule has 0 bridgehead atoms. The van der Waals surface area contributed by atoms with Crippen LogP contribution < -0.4 is 10.5 Å². The third-order valence-electron chi connectivity index (χ3n) is 2.41. The molecular formula is C13H15N3O. The fraction of sp³-hybridized carbons (Fsp3) is 0.231. The highest BCUT2D eigenvalue weighted by molar-refractivity contribution is 5.31. The van der Waals surface area contributed by atoms with Crippen molar-refractivity contribution in [2.75, 3.05) is 6.54 Å². The summed E-state index contributed by atoms with van der Waals surface area (Å²) in [6.07, 6.45) is 4.14. The van der Waals surface area contributed by atoms with Crippen LogP contribution in [0.5, 0.6) is 11.6 Å². The highest BCUT2D eigenvalue weighted by atomic mass is 16.5. The number of aromatic nitrogens is 2. The lowest BCUT2D eigenvalue weighted by atomic mass is 10.1. The number of aryl methyl sites for hydroxylation is 1. The van der Waals surface area contributed by atoms with Gasteiger partial charge in [-0.3, -0.25) is 4.98 Å². The number of nitrogens with two attached hydrogens (primary N) is 1. The van der Waals surface area contributed by atoms with E-state index >= 15 is 0 Å². The topological polar surface area (TPSA) is 61.0 Å². The summed E-state index contributed by atoms with van der Waals surface area (Å²) >= 11 is 0. The van der Waals surface area contributed by atoms with Gasteiger partial charge in [0.05, 0.1) is 5.69 Å². The van der Waals surface area contributed by atoms with Crippen molar-refractivity contribution in [3.8, 4) is 11.6 Å². The Morgan fingerprint density at radius 1 is 1.12 bits per heavy atom.